The minimum absolute atomic E-state index is 0.0568. The van der Waals surface area contributed by atoms with Crippen molar-refractivity contribution >= 4 is 23.5 Å². The second-order valence-corrected chi connectivity index (χ2v) is 6.98. The Bertz CT molecular complexity index is 857. The van der Waals surface area contributed by atoms with E-state index in [2.05, 4.69) is 6.92 Å². The van der Waals surface area contributed by atoms with Gasteiger partial charge in [0.1, 0.15) is 0 Å². The van der Waals surface area contributed by atoms with Gasteiger partial charge in [0.2, 0.25) is 17.6 Å². The van der Waals surface area contributed by atoms with Crippen LogP contribution >= 0.6 is 0 Å². The number of benzene rings is 1. The summed E-state index contributed by atoms with van der Waals surface area (Å²) in [7, 11) is 0. The van der Waals surface area contributed by atoms with Crippen LogP contribution in [0.3, 0.4) is 0 Å². The van der Waals surface area contributed by atoms with Crippen LogP contribution in [0.1, 0.15) is 36.7 Å². The summed E-state index contributed by atoms with van der Waals surface area (Å²) in [6.45, 7) is 2.11. The Labute approximate surface area is 150 Å². The number of carbonyl (C=O) groups is 3. The molecule has 1 aliphatic carbocycles. The van der Waals surface area contributed by atoms with Gasteiger partial charge < -0.3 is 9.15 Å². The number of rotatable bonds is 3. The normalized spacial score (nSPS) is 25.3. The van der Waals surface area contributed by atoms with E-state index in [1.165, 1.54) is 17.2 Å². The van der Waals surface area contributed by atoms with E-state index in [9.17, 15) is 14.4 Å². The predicted octanol–water partition coefficient (Wildman–Crippen LogP) is 3.42. The summed E-state index contributed by atoms with van der Waals surface area (Å²) in [5.74, 6) is -0.967. The van der Waals surface area contributed by atoms with Crippen molar-refractivity contribution in [1.82, 2.24) is 0 Å². The lowest BCUT2D eigenvalue weighted by atomic mass is 9.76. The summed E-state index contributed by atoms with van der Waals surface area (Å²) in [6.07, 6.45) is 3.77. The second kappa shape index (κ2) is 6.44. The summed E-state index contributed by atoms with van der Waals surface area (Å²) in [6, 6.07) is 9.68. The summed E-state index contributed by atoms with van der Waals surface area (Å²) >= 11 is 0. The average molecular weight is 353 g/mol. The first-order chi connectivity index (χ1) is 12.6. The van der Waals surface area contributed by atoms with E-state index >= 15 is 0 Å². The molecule has 0 unspecified atom stereocenters. The molecule has 0 radical (unpaired) electrons. The Kier molecular flexibility index (Phi) is 4.11. The van der Waals surface area contributed by atoms with E-state index < -0.39 is 5.97 Å². The molecular weight excluding hydrogens is 334 g/mol. The van der Waals surface area contributed by atoms with E-state index in [0.717, 1.165) is 19.3 Å². The van der Waals surface area contributed by atoms with Crippen LogP contribution in [0.4, 0.5) is 5.69 Å². The van der Waals surface area contributed by atoms with Gasteiger partial charge in [0, 0.05) is 0 Å². The Morgan fingerprint density at radius 2 is 1.85 bits per heavy atom. The zero-order chi connectivity index (χ0) is 18.3. The van der Waals surface area contributed by atoms with Crippen molar-refractivity contribution in [2.45, 2.75) is 26.2 Å². The van der Waals surface area contributed by atoms with E-state index in [-0.39, 0.29) is 35.2 Å². The number of esters is 1. The van der Waals surface area contributed by atoms with Crippen molar-refractivity contribution in [2.24, 2.45) is 17.8 Å². The van der Waals surface area contributed by atoms with E-state index in [1.807, 2.05) is 0 Å². The van der Waals surface area contributed by atoms with Crippen LogP contribution < -0.4 is 9.64 Å². The molecular formula is C20H19NO5. The second-order valence-electron chi connectivity index (χ2n) is 6.98. The first-order valence-electron chi connectivity index (χ1n) is 8.78. The molecule has 6 heteroatoms. The highest BCUT2D eigenvalue weighted by molar-refractivity contribution is 6.22. The molecule has 2 amide bonds. The van der Waals surface area contributed by atoms with Crippen molar-refractivity contribution in [3.63, 3.8) is 0 Å². The molecule has 1 aromatic carbocycles. The summed E-state index contributed by atoms with van der Waals surface area (Å²) in [4.78, 5) is 39.2. The topological polar surface area (TPSA) is 76.8 Å². The van der Waals surface area contributed by atoms with Gasteiger partial charge in [-0.05, 0) is 49.4 Å². The lowest BCUT2D eigenvalue weighted by Crippen LogP contribution is -2.31. The fraction of sp³-hybridized carbons (Fsp3) is 0.350. The molecule has 6 nitrogen and oxygen atoms in total. The molecule has 0 spiro atoms. The van der Waals surface area contributed by atoms with Gasteiger partial charge in [0.25, 0.3) is 0 Å². The van der Waals surface area contributed by atoms with Crippen molar-refractivity contribution in [3.05, 3.63) is 48.4 Å². The number of carbonyl (C=O) groups excluding carboxylic acids is 3. The molecule has 134 valence electrons. The number of furan rings is 1. The van der Waals surface area contributed by atoms with Gasteiger partial charge in [-0.15, -0.1) is 0 Å². The van der Waals surface area contributed by atoms with E-state index in [4.69, 9.17) is 9.15 Å². The molecule has 1 saturated carbocycles. The van der Waals surface area contributed by atoms with Crippen LogP contribution in [-0.4, -0.2) is 17.8 Å². The highest BCUT2D eigenvalue weighted by atomic mass is 16.5. The molecule has 0 N–H and O–H groups in total. The first kappa shape index (κ1) is 16.6. The number of para-hydroxylation sites is 2. The molecule has 2 heterocycles. The van der Waals surface area contributed by atoms with Crippen molar-refractivity contribution in [3.8, 4) is 5.75 Å². The zero-order valence-corrected chi connectivity index (χ0v) is 14.4. The molecule has 1 aromatic heterocycles. The smallest absolute Gasteiger partial charge is 0.379 e. The third-order valence-electron chi connectivity index (χ3n) is 5.22. The maximum atomic E-state index is 12.9. The van der Waals surface area contributed by atoms with Gasteiger partial charge >= 0.3 is 5.97 Å². The Hall–Kier alpha value is -2.89. The van der Waals surface area contributed by atoms with Crippen molar-refractivity contribution in [2.75, 3.05) is 4.90 Å². The molecule has 3 atom stereocenters. The monoisotopic (exact) mass is 353 g/mol. The molecule has 2 aliphatic rings. The van der Waals surface area contributed by atoms with Crippen LogP contribution in [0, 0.1) is 17.8 Å². The summed E-state index contributed by atoms with van der Waals surface area (Å²) in [5, 5.41) is 0. The minimum Gasteiger partial charge on any atom is -0.457 e. The maximum absolute atomic E-state index is 12.9. The number of ether oxygens (including phenoxy) is 1. The Balaban J connectivity index is 1.65. The lowest BCUT2D eigenvalue weighted by Gasteiger charge is -2.25. The molecule has 4 rings (SSSR count). The molecule has 0 bridgehead atoms. The van der Waals surface area contributed by atoms with Crippen LogP contribution in [-0.2, 0) is 9.59 Å². The number of fused-ring (bicyclic) bond motifs is 1. The highest BCUT2D eigenvalue weighted by Gasteiger charge is 2.50. The molecule has 26 heavy (non-hydrogen) atoms. The van der Waals surface area contributed by atoms with Gasteiger partial charge in [0.15, 0.2) is 5.75 Å². The average Bonchev–Trinajstić information content (AvgIpc) is 3.24. The first-order valence-corrected chi connectivity index (χ1v) is 8.78. The van der Waals surface area contributed by atoms with Crippen molar-refractivity contribution in [1.29, 1.82) is 0 Å². The van der Waals surface area contributed by atoms with Gasteiger partial charge in [-0.25, -0.2) is 9.69 Å². The number of hydrogen-bond acceptors (Lipinski definition) is 5. The minimum atomic E-state index is -0.674. The lowest BCUT2D eigenvalue weighted by molar-refractivity contribution is -0.122. The van der Waals surface area contributed by atoms with E-state index in [1.54, 1.807) is 30.3 Å². The number of nitrogens with zero attached hydrogens (tertiary/aromatic N) is 1. The third kappa shape index (κ3) is 2.71. The number of hydrogen-bond donors (Lipinski definition) is 0. The van der Waals surface area contributed by atoms with Crippen molar-refractivity contribution < 1.29 is 23.5 Å². The highest BCUT2D eigenvalue weighted by Crippen LogP contribution is 2.44. The fourth-order valence-electron chi connectivity index (χ4n) is 3.90. The maximum Gasteiger partial charge on any atom is 0.379 e. The van der Waals surface area contributed by atoms with E-state index in [0.29, 0.717) is 11.6 Å². The quantitative estimate of drug-likeness (QED) is 0.480. The molecule has 2 aromatic rings. The van der Waals surface area contributed by atoms with Crippen LogP contribution in [0.15, 0.2) is 47.1 Å². The molecule has 1 saturated heterocycles. The Morgan fingerprint density at radius 3 is 2.62 bits per heavy atom. The van der Waals surface area contributed by atoms with Gasteiger partial charge in [0.05, 0.1) is 23.8 Å². The zero-order valence-electron chi connectivity index (χ0n) is 14.4. The fourth-order valence-corrected chi connectivity index (χ4v) is 3.90. The van der Waals surface area contributed by atoms with Crippen LogP contribution in [0.5, 0.6) is 5.75 Å². The standard InChI is InChI=1S/C20H19NO5/c1-12-8-9-13-14(11-12)19(23)21(18(13)22)15-5-2-3-6-16(15)26-20(24)17-7-4-10-25-17/h2-7,10,12-14H,8-9,11H2,1H3/t12-,13-,14+/m1/s1. The Morgan fingerprint density at radius 1 is 1.08 bits per heavy atom. The van der Waals surface area contributed by atoms with Gasteiger partial charge in [-0.1, -0.05) is 19.1 Å². The van der Waals surface area contributed by atoms with Crippen LogP contribution in [0.25, 0.3) is 0 Å². The number of imide groups is 1. The summed E-state index contributed by atoms with van der Waals surface area (Å²) < 4.78 is 10.4. The SMILES string of the molecule is C[C@@H]1CC[C@H]2C(=O)N(c3ccccc3OC(=O)c3ccco3)C(=O)[C@H]2C1. The summed E-state index contributed by atoms with van der Waals surface area (Å²) in [5.41, 5.74) is 0.310. The van der Waals surface area contributed by atoms with Gasteiger partial charge in [-0.3, -0.25) is 9.59 Å². The third-order valence-corrected chi connectivity index (χ3v) is 5.22. The van der Waals surface area contributed by atoms with Crippen LogP contribution in [0.2, 0.25) is 0 Å². The number of amides is 2. The largest absolute Gasteiger partial charge is 0.457 e. The molecule has 2 fully saturated rings. The predicted molar refractivity (Wildman–Crippen MR) is 92.6 cm³/mol. The molecule has 1 aliphatic heterocycles. The number of anilines is 1. The van der Waals surface area contributed by atoms with Gasteiger partial charge in [-0.2, -0.15) is 0 Å².